The van der Waals surface area contributed by atoms with Gasteiger partial charge in [-0.15, -0.1) is 24.8 Å². The van der Waals surface area contributed by atoms with E-state index in [1.165, 1.54) is 44.5 Å². The molecule has 0 fully saturated rings. The average Bonchev–Trinajstić information content (AvgIpc) is 2.79. The minimum atomic E-state index is 0. The van der Waals surface area contributed by atoms with Crippen molar-refractivity contribution in [1.82, 2.24) is 0 Å². The Balaban J connectivity index is 0.00000169. The molecule has 0 aromatic heterocycles. The minimum Gasteiger partial charge on any atom is -0.147 e. The second kappa shape index (κ2) is 9.92. The molecule has 0 amide bonds. The van der Waals surface area contributed by atoms with E-state index in [0.29, 0.717) is 12.5 Å². The van der Waals surface area contributed by atoms with Crippen molar-refractivity contribution in [3.8, 4) is 11.1 Å². The molecule has 0 spiro atoms. The van der Waals surface area contributed by atoms with Gasteiger partial charge in [0.2, 0.25) is 0 Å². The van der Waals surface area contributed by atoms with Crippen molar-refractivity contribution in [2.24, 2.45) is 5.92 Å². The van der Waals surface area contributed by atoms with Crippen LogP contribution in [-0.4, -0.2) is 0 Å². The van der Waals surface area contributed by atoms with E-state index >= 15 is 0 Å². The molecule has 0 saturated heterocycles. The summed E-state index contributed by atoms with van der Waals surface area (Å²) in [6, 6.07) is 17.3. The molecule has 3 rings (SSSR count). The molecule has 1 atom stereocenters. The maximum Gasteiger partial charge on any atom is -0.147 e. The summed E-state index contributed by atoms with van der Waals surface area (Å²) >= 11 is 1.76. The molecule has 0 aliphatic heterocycles. The van der Waals surface area contributed by atoms with Crippen LogP contribution >= 0.6 is 24.8 Å². The summed E-state index contributed by atoms with van der Waals surface area (Å²) in [6.45, 7) is 9.72. The molecule has 0 N–H and O–H groups in total. The second-order valence-electron chi connectivity index (χ2n) is 6.56. The first-order valence-corrected chi connectivity index (χ1v) is 9.04. The Bertz CT molecular complexity index is 840. The summed E-state index contributed by atoms with van der Waals surface area (Å²) in [5.41, 5.74) is 11.0. The quantitative estimate of drug-likeness (QED) is 0.484. The van der Waals surface area contributed by atoms with E-state index in [0.717, 1.165) is 0 Å². The molecular formula is C22H25Cl2OTi. The fraction of sp³-hybridized carbons (Fsp3) is 0.273. The maximum absolute atomic E-state index is 5.41. The summed E-state index contributed by atoms with van der Waals surface area (Å²) in [5, 5.41) is 0. The zero-order chi connectivity index (χ0) is 17.3. The van der Waals surface area contributed by atoms with Gasteiger partial charge in [0.05, 0.1) is 0 Å². The van der Waals surface area contributed by atoms with Gasteiger partial charge in [-0.2, -0.15) is 0 Å². The topological polar surface area (TPSA) is 9.23 Å². The standard InChI is InChI=1S/C22H23O.2ClH.Ti/c1-14-15(2)17(4)22(16(14)3)21-12-8-7-11-20(21)19-10-6-5-9-18(19)13-23;;;/h5-12,16H,13H2,1-4H3;2*1H;/q-1;;;+1. The van der Waals surface area contributed by atoms with Gasteiger partial charge in [-0.1, -0.05) is 0 Å². The molecule has 26 heavy (non-hydrogen) atoms. The smallest absolute Gasteiger partial charge is 0.147 e. The first-order valence-electron chi connectivity index (χ1n) is 8.41. The maximum atomic E-state index is 5.41. The summed E-state index contributed by atoms with van der Waals surface area (Å²) in [5.74, 6) is 0.473. The van der Waals surface area contributed by atoms with Crippen LogP contribution in [0.15, 0.2) is 65.3 Å². The van der Waals surface area contributed by atoms with Crippen LogP contribution in [0.3, 0.4) is 0 Å². The number of allylic oxidation sites excluding steroid dienone is 4. The van der Waals surface area contributed by atoms with Gasteiger partial charge in [0, 0.05) is 0 Å². The van der Waals surface area contributed by atoms with Gasteiger partial charge in [-0.3, -0.25) is 0 Å². The molecule has 2 aromatic carbocycles. The third kappa shape index (κ3) is 4.19. The molecule has 0 bridgehead atoms. The molecule has 4 heteroatoms. The molecule has 1 nitrogen and oxygen atoms in total. The van der Waals surface area contributed by atoms with Crippen LogP contribution in [0.2, 0.25) is 0 Å². The van der Waals surface area contributed by atoms with Gasteiger partial charge in [-0.05, 0) is 0 Å². The van der Waals surface area contributed by atoms with E-state index in [4.69, 9.17) is 3.32 Å². The van der Waals surface area contributed by atoms with Crippen LogP contribution < -0.4 is 0 Å². The van der Waals surface area contributed by atoms with E-state index in [1.54, 1.807) is 20.8 Å². The Labute approximate surface area is 181 Å². The normalized spacial score (nSPS) is 16.3. The number of hydrogen-bond acceptors (Lipinski definition) is 1. The van der Waals surface area contributed by atoms with Crippen LogP contribution in [0.25, 0.3) is 16.7 Å². The van der Waals surface area contributed by atoms with E-state index in [-0.39, 0.29) is 24.8 Å². The Kier molecular flexibility index (Phi) is 8.86. The first-order chi connectivity index (χ1) is 11.6. The average molecular weight is 424 g/mol. The van der Waals surface area contributed by atoms with Crippen molar-refractivity contribution in [3.05, 3.63) is 76.4 Å². The largest absolute Gasteiger partial charge is 0.147 e. The van der Waals surface area contributed by atoms with E-state index in [9.17, 15) is 0 Å². The van der Waals surface area contributed by atoms with E-state index in [2.05, 4.69) is 76.2 Å². The molecule has 1 aliphatic carbocycles. The first kappa shape index (κ1) is 23.2. The number of hydrogen-bond donors (Lipinski definition) is 0. The van der Waals surface area contributed by atoms with E-state index in [1.807, 2.05) is 0 Å². The van der Waals surface area contributed by atoms with Crippen molar-refractivity contribution < 1.29 is 24.1 Å². The third-order valence-corrected chi connectivity index (χ3v) is 5.62. The fourth-order valence-corrected chi connectivity index (χ4v) is 3.98. The van der Waals surface area contributed by atoms with Gasteiger partial charge in [0.1, 0.15) is 0 Å². The molecule has 0 radical (unpaired) electrons. The SMILES string of the molecule is CC1=C(C)C(C)C(c2ccccc2-c2ccccc2C[O][Ti])=C1C.Cl.Cl. The Morgan fingerprint density at radius 3 is 1.88 bits per heavy atom. The Morgan fingerprint density at radius 2 is 1.35 bits per heavy atom. The zero-order valence-electron chi connectivity index (χ0n) is 15.6. The summed E-state index contributed by atoms with van der Waals surface area (Å²) in [4.78, 5) is 0. The summed E-state index contributed by atoms with van der Waals surface area (Å²) in [7, 11) is 0. The van der Waals surface area contributed by atoms with Crippen molar-refractivity contribution >= 4 is 30.4 Å². The number of benzene rings is 2. The minimum absolute atomic E-state index is 0. The van der Waals surface area contributed by atoms with Gasteiger partial charge in [0.15, 0.2) is 0 Å². The fourth-order valence-electron chi connectivity index (χ4n) is 3.74. The molecule has 137 valence electrons. The number of rotatable bonds is 4. The van der Waals surface area contributed by atoms with Gasteiger partial charge >= 0.3 is 157 Å². The van der Waals surface area contributed by atoms with E-state index < -0.39 is 0 Å². The van der Waals surface area contributed by atoms with Gasteiger partial charge in [-0.25, -0.2) is 0 Å². The van der Waals surface area contributed by atoms with Crippen molar-refractivity contribution in [2.75, 3.05) is 0 Å². The molecule has 0 saturated carbocycles. The van der Waals surface area contributed by atoms with Crippen molar-refractivity contribution in [2.45, 2.75) is 34.3 Å². The Morgan fingerprint density at radius 1 is 0.808 bits per heavy atom. The summed E-state index contributed by atoms with van der Waals surface area (Å²) < 4.78 is 5.41. The Hall–Kier alpha value is -0.826. The van der Waals surface area contributed by atoms with Crippen LogP contribution in [-0.2, 0) is 30.7 Å². The monoisotopic (exact) mass is 423 g/mol. The van der Waals surface area contributed by atoms with Gasteiger partial charge in [0.25, 0.3) is 0 Å². The summed E-state index contributed by atoms with van der Waals surface area (Å²) in [6.07, 6.45) is 0. The van der Waals surface area contributed by atoms with Crippen LogP contribution in [0.1, 0.15) is 38.8 Å². The third-order valence-electron chi connectivity index (χ3n) is 5.39. The van der Waals surface area contributed by atoms with Crippen LogP contribution in [0, 0.1) is 5.92 Å². The number of halogens is 2. The molecular weight excluding hydrogens is 399 g/mol. The molecule has 1 aliphatic rings. The van der Waals surface area contributed by atoms with Crippen molar-refractivity contribution in [3.63, 3.8) is 0 Å². The van der Waals surface area contributed by atoms with Crippen LogP contribution in [0.5, 0.6) is 0 Å². The molecule has 1 unspecified atom stereocenters. The zero-order valence-corrected chi connectivity index (χ0v) is 18.8. The molecule has 2 aromatic rings. The molecule has 0 heterocycles. The second-order valence-corrected chi connectivity index (χ2v) is 7.01. The van der Waals surface area contributed by atoms with Gasteiger partial charge < -0.3 is 0 Å². The predicted octanol–water partition coefficient (Wildman–Crippen LogP) is 6.94. The van der Waals surface area contributed by atoms with Crippen LogP contribution in [0.4, 0.5) is 0 Å². The predicted molar refractivity (Wildman–Crippen MR) is 111 cm³/mol. The van der Waals surface area contributed by atoms with Crippen molar-refractivity contribution in [1.29, 1.82) is 0 Å².